The van der Waals surface area contributed by atoms with Crippen LogP contribution >= 0.6 is 11.8 Å². The van der Waals surface area contributed by atoms with E-state index >= 15 is 0 Å². The zero-order valence-electron chi connectivity index (χ0n) is 37.1. The van der Waals surface area contributed by atoms with Crippen LogP contribution < -0.4 is 28.7 Å². The summed E-state index contributed by atoms with van der Waals surface area (Å²) in [5, 5.41) is 0. The molecule has 1 aliphatic heterocycles. The van der Waals surface area contributed by atoms with Gasteiger partial charge in [-0.3, -0.25) is 0 Å². The number of rotatable bonds is 11. The maximum absolute atomic E-state index is 8.53. The van der Waals surface area contributed by atoms with E-state index in [4.69, 9.17) is 20.3 Å². The number of ether oxygens (including phenoxy) is 4. The van der Waals surface area contributed by atoms with E-state index in [2.05, 4.69) is 149 Å². The Kier molecular flexibility index (Phi) is 9.95. The van der Waals surface area contributed by atoms with Gasteiger partial charge in [-0.05, 0) is 143 Å². The monoisotopic (exact) mass is 865 g/mol. The van der Waals surface area contributed by atoms with E-state index in [1.165, 1.54) is 5.56 Å². The van der Waals surface area contributed by atoms with Crippen molar-refractivity contribution in [1.29, 1.82) is 0 Å². The molecule has 1 heterocycles. The Morgan fingerprint density at radius 3 is 1.62 bits per heavy atom. The molecule has 65 heavy (non-hydrogen) atoms. The Morgan fingerprint density at radius 1 is 0.446 bits per heavy atom. The lowest BCUT2D eigenvalue weighted by molar-refractivity contribution is 0.414. The first-order valence-electron chi connectivity index (χ1n) is 22.0. The first-order chi connectivity index (χ1) is 32.5. The van der Waals surface area contributed by atoms with Crippen molar-refractivity contribution < 1.29 is 20.3 Å². The summed E-state index contributed by atoms with van der Waals surface area (Å²) in [5.74, 6) is 4.07. The van der Waals surface area contributed by atoms with Gasteiger partial charge in [0, 0.05) is 45.8 Å². The highest BCUT2D eigenvalue weighted by molar-refractivity contribution is 7.99. The molecule has 2 aliphatic rings. The number of hydrogen-bond donors (Lipinski definition) is 0. The third-order valence-electron chi connectivity index (χ3n) is 12.4. The molecule has 9 aromatic rings. The van der Waals surface area contributed by atoms with Crippen molar-refractivity contribution in [2.24, 2.45) is 0 Å². The summed E-state index contributed by atoms with van der Waals surface area (Å²) in [4.78, 5) is 6.61. The molecule has 6 nitrogen and oxygen atoms in total. The fraction of sp³-hybridized carbons (Fsp3) is 0.0690. The van der Waals surface area contributed by atoms with Crippen LogP contribution in [-0.2, 0) is 5.41 Å². The standard InChI is InChI=1S/C58H44N2O4S/c1-61-47-32-28-44(29-33-47)59(41-12-5-4-6-13-41)42-24-20-39(21-25-42)58(51-17-8-7-16-50(51)56-52(58)36-37-55-57(56)64-53-18-9-10-19-54(53)65-55)40-22-26-43(27-23-40)60(45-30-34-48(62-2)35-31-45)46-14-11-15-49(38-46)63-3/h4-38H,1-3H3/i5D. The number of para-hydroxylation sites is 2. The molecule has 0 amide bonds. The molecule has 9 aromatic carbocycles. The summed E-state index contributed by atoms with van der Waals surface area (Å²) in [6.45, 7) is 0. The molecule has 7 heteroatoms. The summed E-state index contributed by atoms with van der Waals surface area (Å²) in [5.41, 5.74) is 11.8. The number of anilines is 6. The van der Waals surface area contributed by atoms with Gasteiger partial charge in [0.15, 0.2) is 0 Å². The highest BCUT2D eigenvalue weighted by Crippen LogP contribution is 2.62. The van der Waals surface area contributed by atoms with Crippen molar-refractivity contribution in [1.82, 2.24) is 0 Å². The zero-order valence-corrected chi connectivity index (χ0v) is 36.9. The summed E-state index contributed by atoms with van der Waals surface area (Å²) in [6.07, 6.45) is 0. The molecule has 1 aliphatic carbocycles. The molecule has 1 atom stereocenters. The number of benzene rings is 9. The van der Waals surface area contributed by atoms with E-state index in [1.54, 1.807) is 39.2 Å². The van der Waals surface area contributed by atoms with Crippen LogP contribution in [0.15, 0.2) is 222 Å². The first-order valence-corrected chi connectivity index (χ1v) is 22.3. The van der Waals surface area contributed by atoms with Crippen LogP contribution in [0.3, 0.4) is 0 Å². The van der Waals surface area contributed by atoms with E-state index < -0.39 is 5.41 Å². The van der Waals surface area contributed by atoms with Crippen molar-refractivity contribution in [3.05, 3.63) is 235 Å². The average molecular weight is 866 g/mol. The molecule has 0 fully saturated rings. The van der Waals surface area contributed by atoms with E-state index in [9.17, 15) is 0 Å². The Morgan fingerprint density at radius 2 is 0.985 bits per heavy atom. The van der Waals surface area contributed by atoms with Crippen LogP contribution in [0.2, 0.25) is 0 Å². The molecule has 316 valence electrons. The highest BCUT2D eigenvalue weighted by atomic mass is 32.2. The van der Waals surface area contributed by atoms with Crippen molar-refractivity contribution >= 4 is 45.9 Å². The van der Waals surface area contributed by atoms with Crippen LogP contribution in [0.25, 0.3) is 11.1 Å². The molecule has 0 bridgehead atoms. The quantitative estimate of drug-likeness (QED) is 0.128. The minimum absolute atomic E-state index is 0.437. The summed E-state index contributed by atoms with van der Waals surface area (Å²) in [6, 6.07) is 71.9. The number of methoxy groups -OCH3 is 3. The second-order valence-corrected chi connectivity index (χ2v) is 17.0. The maximum atomic E-state index is 8.53. The van der Waals surface area contributed by atoms with Crippen LogP contribution in [0.4, 0.5) is 34.1 Å². The molecule has 0 saturated carbocycles. The minimum Gasteiger partial charge on any atom is -0.497 e. The SMILES string of the molecule is [2H]c1cccc(N(c2ccc(OC)cc2)c2ccc(C3(c4ccc(N(c5ccc(OC)cc5)c5cccc(OC)c5)cc4)c4ccccc4-c4c3ccc3c4Oc4ccccc4S3)cc2)c1. The summed E-state index contributed by atoms with van der Waals surface area (Å²) in [7, 11) is 5.05. The molecule has 0 spiro atoms. The summed E-state index contributed by atoms with van der Waals surface area (Å²) >= 11 is 1.75. The van der Waals surface area contributed by atoms with Gasteiger partial charge in [0.05, 0.1) is 37.9 Å². The molecular weight excluding hydrogens is 821 g/mol. The van der Waals surface area contributed by atoms with Crippen molar-refractivity contribution in [3.8, 4) is 39.9 Å². The largest absolute Gasteiger partial charge is 0.497 e. The molecule has 0 N–H and O–H groups in total. The third-order valence-corrected chi connectivity index (χ3v) is 13.5. The smallest absolute Gasteiger partial charge is 0.149 e. The van der Waals surface area contributed by atoms with Crippen LogP contribution in [-0.4, -0.2) is 21.3 Å². The van der Waals surface area contributed by atoms with Crippen molar-refractivity contribution in [2.75, 3.05) is 31.1 Å². The van der Waals surface area contributed by atoms with Gasteiger partial charge in [0.25, 0.3) is 0 Å². The molecular formula is C58H44N2O4S. The maximum Gasteiger partial charge on any atom is 0.149 e. The molecule has 0 saturated heterocycles. The van der Waals surface area contributed by atoms with Crippen molar-refractivity contribution in [3.63, 3.8) is 0 Å². The second kappa shape index (κ2) is 16.7. The fourth-order valence-electron chi connectivity index (χ4n) is 9.48. The lowest BCUT2D eigenvalue weighted by atomic mass is 9.67. The number of hydrogen-bond acceptors (Lipinski definition) is 7. The van der Waals surface area contributed by atoms with Crippen LogP contribution in [0, 0.1) is 0 Å². The van der Waals surface area contributed by atoms with Crippen molar-refractivity contribution in [2.45, 2.75) is 15.2 Å². The number of fused-ring (bicyclic) bond motifs is 6. The zero-order chi connectivity index (χ0) is 44.8. The number of nitrogens with zero attached hydrogens (tertiary/aromatic N) is 2. The van der Waals surface area contributed by atoms with Gasteiger partial charge in [0.2, 0.25) is 0 Å². The predicted molar refractivity (Wildman–Crippen MR) is 263 cm³/mol. The first kappa shape index (κ1) is 38.8. The van der Waals surface area contributed by atoms with Gasteiger partial charge >= 0.3 is 0 Å². The molecule has 0 radical (unpaired) electrons. The van der Waals surface area contributed by atoms with E-state index in [0.29, 0.717) is 6.04 Å². The Labute approximate surface area is 385 Å². The van der Waals surface area contributed by atoms with E-state index in [-0.39, 0.29) is 0 Å². The Hall–Kier alpha value is -7.87. The fourth-order valence-corrected chi connectivity index (χ4v) is 10.5. The van der Waals surface area contributed by atoms with Gasteiger partial charge in [-0.15, -0.1) is 0 Å². The lowest BCUT2D eigenvalue weighted by Crippen LogP contribution is -2.29. The Balaban J connectivity index is 1.11. The van der Waals surface area contributed by atoms with Gasteiger partial charge in [-0.2, -0.15) is 0 Å². The lowest BCUT2D eigenvalue weighted by Gasteiger charge is -2.35. The highest BCUT2D eigenvalue weighted by Gasteiger charge is 2.48. The predicted octanol–water partition coefficient (Wildman–Crippen LogP) is 15.3. The normalized spacial score (nSPS) is 14.4. The van der Waals surface area contributed by atoms with Crippen LogP contribution in [0.1, 0.15) is 23.6 Å². The van der Waals surface area contributed by atoms with Gasteiger partial charge < -0.3 is 28.7 Å². The third kappa shape index (κ3) is 6.83. The van der Waals surface area contributed by atoms with Crippen LogP contribution in [0.5, 0.6) is 28.7 Å². The van der Waals surface area contributed by atoms with Gasteiger partial charge in [-0.1, -0.05) is 103 Å². The minimum atomic E-state index is -0.740. The van der Waals surface area contributed by atoms with Gasteiger partial charge in [-0.25, -0.2) is 0 Å². The molecule has 0 aromatic heterocycles. The van der Waals surface area contributed by atoms with Gasteiger partial charge in [0.1, 0.15) is 28.7 Å². The Bertz CT molecular complexity index is 3230. The second-order valence-electron chi connectivity index (χ2n) is 15.9. The average Bonchev–Trinajstić information content (AvgIpc) is 3.68. The molecule has 11 rings (SSSR count). The molecule has 1 unspecified atom stereocenters. The summed E-state index contributed by atoms with van der Waals surface area (Å²) < 4.78 is 32.2. The van der Waals surface area contributed by atoms with E-state index in [1.807, 2.05) is 60.7 Å². The topological polar surface area (TPSA) is 43.4 Å². The van der Waals surface area contributed by atoms with E-state index in [0.717, 1.165) is 100 Å².